The number of carbonyl (C=O) groups is 1. The molecule has 1 amide bonds. The number of anilines is 1. The van der Waals surface area contributed by atoms with Gasteiger partial charge in [-0.1, -0.05) is 0 Å². The molecule has 1 rings (SSSR count). The first-order chi connectivity index (χ1) is 9.08. The van der Waals surface area contributed by atoms with Crippen molar-refractivity contribution in [2.45, 2.75) is 19.4 Å². The molecule has 0 heterocycles. The average Bonchev–Trinajstić information content (AvgIpc) is 2.39. The summed E-state index contributed by atoms with van der Waals surface area (Å²) in [6, 6.07) is 3.41. The number of amides is 1. The van der Waals surface area contributed by atoms with Crippen molar-refractivity contribution in [1.29, 1.82) is 0 Å². The van der Waals surface area contributed by atoms with Crippen molar-refractivity contribution in [3.63, 3.8) is 0 Å². The zero-order chi connectivity index (χ0) is 14.3. The number of halogens is 1. The molecule has 1 aromatic carbocycles. The molecule has 0 aromatic heterocycles. The third-order valence-electron chi connectivity index (χ3n) is 2.47. The predicted octanol–water partition coefficient (Wildman–Crippen LogP) is 2.24. The number of thioether (sulfide) groups is 1. The fourth-order valence-corrected chi connectivity index (χ4v) is 1.97. The highest BCUT2D eigenvalue weighted by molar-refractivity contribution is 7.98. The van der Waals surface area contributed by atoms with Crippen LogP contribution < -0.4 is 15.8 Å². The van der Waals surface area contributed by atoms with Crippen molar-refractivity contribution < 1.29 is 13.9 Å². The normalized spacial score (nSPS) is 12.0. The Morgan fingerprint density at radius 2 is 2.32 bits per heavy atom. The lowest BCUT2D eigenvalue weighted by Crippen LogP contribution is -2.36. The molecule has 0 unspecified atom stereocenters. The summed E-state index contributed by atoms with van der Waals surface area (Å²) in [4.78, 5) is 11.9. The number of benzene rings is 1. The quantitative estimate of drug-likeness (QED) is 0.807. The molecule has 0 aliphatic rings. The molecule has 0 saturated carbocycles. The SMILES string of the molecule is CCOc1cc(F)ccc1NC(=O)[C@H](N)CCSC. The maximum atomic E-state index is 13.1. The van der Waals surface area contributed by atoms with E-state index >= 15 is 0 Å². The minimum atomic E-state index is -0.577. The fourth-order valence-electron chi connectivity index (χ4n) is 1.48. The van der Waals surface area contributed by atoms with Crippen molar-refractivity contribution in [2.75, 3.05) is 23.9 Å². The van der Waals surface area contributed by atoms with E-state index in [1.54, 1.807) is 18.7 Å². The maximum Gasteiger partial charge on any atom is 0.241 e. The summed E-state index contributed by atoms with van der Waals surface area (Å²) < 4.78 is 18.4. The fraction of sp³-hybridized carbons (Fsp3) is 0.462. The van der Waals surface area contributed by atoms with Crippen LogP contribution in [0.2, 0.25) is 0 Å². The van der Waals surface area contributed by atoms with Crippen LogP contribution in [-0.2, 0) is 4.79 Å². The van der Waals surface area contributed by atoms with Gasteiger partial charge in [-0.2, -0.15) is 11.8 Å². The zero-order valence-electron chi connectivity index (χ0n) is 11.1. The second kappa shape index (κ2) is 8.01. The Bertz CT molecular complexity index is 429. The first kappa shape index (κ1) is 15.8. The van der Waals surface area contributed by atoms with Crippen molar-refractivity contribution in [1.82, 2.24) is 0 Å². The van der Waals surface area contributed by atoms with E-state index in [0.717, 1.165) is 5.75 Å². The van der Waals surface area contributed by atoms with Crippen LogP contribution in [0.5, 0.6) is 5.75 Å². The van der Waals surface area contributed by atoms with Gasteiger partial charge in [0.15, 0.2) is 0 Å². The summed E-state index contributed by atoms with van der Waals surface area (Å²) >= 11 is 1.63. The molecule has 1 aromatic rings. The van der Waals surface area contributed by atoms with Gasteiger partial charge in [-0.25, -0.2) is 4.39 Å². The molecule has 19 heavy (non-hydrogen) atoms. The molecule has 3 N–H and O–H groups in total. The van der Waals surface area contributed by atoms with E-state index in [-0.39, 0.29) is 5.91 Å². The number of carbonyl (C=O) groups excluding carboxylic acids is 1. The zero-order valence-corrected chi connectivity index (χ0v) is 11.9. The Morgan fingerprint density at radius 3 is 2.95 bits per heavy atom. The van der Waals surface area contributed by atoms with E-state index < -0.39 is 11.9 Å². The Morgan fingerprint density at radius 1 is 1.58 bits per heavy atom. The molecule has 6 heteroatoms. The molecule has 0 spiro atoms. The first-order valence-corrected chi connectivity index (χ1v) is 7.45. The number of rotatable bonds is 7. The molecule has 0 bridgehead atoms. The second-order valence-electron chi connectivity index (χ2n) is 3.95. The van der Waals surface area contributed by atoms with Crippen LogP contribution in [0, 0.1) is 5.82 Å². The van der Waals surface area contributed by atoms with Gasteiger partial charge >= 0.3 is 0 Å². The predicted molar refractivity (Wildman–Crippen MR) is 77.2 cm³/mol. The van der Waals surface area contributed by atoms with Gasteiger partial charge in [-0.15, -0.1) is 0 Å². The molecule has 0 aliphatic carbocycles. The minimum Gasteiger partial charge on any atom is -0.492 e. The van der Waals surface area contributed by atoms with Gasteiger partial charge in [-0.05, 0) is 37.5 Å². The monoisotopic (exact) mass is 286 g/mol. The Hall–Kier alpha value is -1.27. The third-order valence-corrected chi connectivity index (χ3v) is 3.12. The van der Waals surface area contributed by atoms with Crippen LogP contribution in [0.4, 0.5) is 10.1 Å². The summed E-state index contributed by atoms with van der Waals surface area (Å²) in [6.07, 6.45) is 2.55. The molecule has 4 nitrogen and oxygen atoms in total. The summed E-state index contributed by atoms with van der Waals surface area (Å²) in [5, 5.41) is 2.67. The summed E-state index contributed by atoms with van der Waals surface area (Å²) in [6.45, 7) is 2.19. The van der Waals surface area contributed by atoms with Gasteiger partial charge in [0.05, 0.1) is 18.3 Å². The second-order valence-corrected chi connectivity index (χ2v) is 4.94. The molecule has 1 atom stereocenters. The third kappa shape index (κ3) is 5.08. The first-order valence-electron chi connectivity index (χ1n) is 6.06. The molecular formula is C13H19FN2O2S. The topological polar surface area (TPSA) is 64.3 Å². The van der Waals surface area contributed by atoms with Gasteiger partial charge in [0, 0.05) is 6.07 Å². The summed E-state index contributed by atoms with van der Waals surface area (Å²) in [7, 11) is 0. The smallest absolute Gasteiger partial charge is 0.241 e. The number of hydrogen-bond acceptors (Lipinski definition) is 4. The van der Waals surface area contributed by atoms with Crippen molar-refractivity contribution in [2.24, 2.45) is 5.73 Å². The Balaban J connectivity index is 2.72. The van der Waals surface area contributed by atoms with Gasteiger partial charge in [-0.3, -0.25) is 4.79 Å². The lowest BCUT2D eigenvalue weighted by atomic mass is 10.2. The summed E-state index contributed by atoms with van der Waals surface area (Å²) in [5.74, 6) is 0.429. The van der Waals surface area contributed by atoms with Gasteiger partial charge in [0.2, 0.25) is 5.91 Å². The highest BCUT2D eigenvalue weighted by Gasteiger charge is 2.15. The van der Waals surface area contributed by atoms with Gasteiger partial charge in [0.1, 0.15) is 11.6 Å². The number of nitrogens with one attached hydrogen (secondary N) is 1. The van der Waals surface area contributed by atoms with Crippen LogP contribution in [0.15, 0.2) is 18.2 Å². The number of ether oxygens (including phenoxy) is 1. The van der Waals surface area contributed by atoms with Crippen molar-refractivity contribution in [3.8, 4) is 5.75 Å². The Labute approximate surface area is 116 Å². The highest BCUT2D eigenvalue weighted by atomic mass is 32.2. The Kier molecular flexibility index (Phi) is 6.66. The van der Waals surface area contributed by atoms with Crippen LogP contribution in [0.25, 0.3) is 0 Å². The lowest BCUT2D eigenvalue weighted by molar-refractivity contribution is -0.117. The van der Waals surface area contributed by atoms with E-state index in [1.165, 1.54) is 18.2 Å². The standard InChI is InChI=1S/C13H19FN2O2S/c1-3-18-12-8-9(14)4-5-11(12)16-13(17)10(15)6-7-19-2/h4-5,8,10H,3,6-7,15H2,1-2H3,(H,16,17)/t10-/m1/s1. The minimum absolute atomic E-state index is 0.290. The molecular weight excluding hydrogens is 267 g/mol. The van der Waals surface area contributed by atoms with E-state index in [4.69, 9.17) is 10.5 Å². The number of nitrogens with two attached hydrogens (primary N) is 1. The van der Waals surface area contributed by atoms with Crippen LogP contribution in [-0.4, -0.2) is 30.6 Å². The highest BCUT2D eigenvalue weighted by Crippen LogP contribution is 2.25. The van der Waals surface area contributed by atoms with Crippen LogP contribution >= 0.6 is 11.8 Å². The van der Waals surface area contributed by atoms with Crippen LogP contribution in [0.3, 0.4) is 0 Å². The van der Waals surface area contributed by atoms with E-state index in [1.807, 2.05) is 6.26 Å². The van der Waals surface area contributed by atoms with Gasteiger partial charge in [0.25, 0.3) is 0 Å². The average molecular weight is 286 g/mol. The largest absolute Gasteiger partial charge is 0.492 e. The molecule has 0 aliphatic heterocycles. The number of hydrogen-bond donors (Lipinski definition) is 2. The van der Waals surface area contributed by atoms with E-state index in [9.17, 15) is 9.18 Å². The van der Waals surface area contributed by atoms with E-state index in [0.29, 0.717) is 24.5 Å². The van der Waals surface area contributed by atoms with Crippen molar-refractivity contribution in [3.05, 3.63) is 24.0 Å². The molecule has 106 valence electrons. The lowest BCUT2D eigenvalue weighted by Gasteiger charge is -2.14. The van der Waals surface area contributed by atoms with Crippen LogP contribution in [0.1, 0.15) is 13.3 Å². The molecule has 0 fully saturated rings. The summed E-state index contributed by atoms with van der Waals surface area (Å²) in [5.41, 5.74) is 6.20. The molecule has 0 saturated heterocycles. The molecule has 0 radical (unpaired) electrons. The van der Waals surface area contributed by atoms with E-state index in [2.05, 4.69) is 5.32 Å². The van der Waals surface area contributed by atoms with Gasteiger partial charge < -0.3 is 15.8 Å². The maximum absolute atomic E-state index is 13.1. The van der Waals surface area contributed by atoms with Crippen molar-refractivity contribution >= 4 is 23.4 Å².